The van der Waals surface area contributed by atoms with Crippen LogP contribution in [0.5, 0.6) is 0 Å². The molecule has 0 amide bonds. The third-order valence-electron chi connectivity index (χ3n) is 2.30. The number of halogens is 3. The highest BCUT2D eigenvalue weighted by Crippen LogP contribution is 2.40. The fourth-order valence-corrected chi connectivity index (χ4v) is 1.67. The molecule has 0 N–H and O–H groups in total. The fourth-order valence-electron chi connectivity index (χ4n) is 1.34. The standard InChI is InChI=1S/C11H13F3O2P2/c1-10(12,17)7-3-6(9(15)16-2)4-8(5-7)11(13,14)18/h3-5H,17-18H2,1-2H3. The van der Waals surface area contributed by atoms with Crippen LogP contribution < -0.4 is 0 Å². The van der Waals surface area contributed by atoms with Crippen molar-refractivity contribution in [2.75, 3.05) is 7.11 Å². The van der Waals surface area contributed by atoms with E-state index in [1.165, 1.54) is 22.2 Å². The number of benzene rings is 1. The van der Waals surface area contributed by atoms with Crippen LogP contribution in [-0.4, -0.2) is 13.1 Å². The van der Waals surface area contributed by atoms with Crippen molar-refractivity contribution < 1.29 is 22.7 Å². The summed E-state index contributed by atoms with van der Waals surface area (Å²) in [6, 6.07) is 3.20. The lowest BCUT2D eigenvalue weighted by atomic mass is 10.0. The van der Waals surface area contributed by atoms with Gasteiger partial charge in [-0.15, -0.1) is 0 Å². The van der Waals surface area contributed by atoms with Crippen molar-refractivity contribution in [3.05, 3.63) is 34.9 Å². The maximum Gasteiger partial charge on any atom is 0.337 e. The molecule has 3 unspecified atom stereocenters. The number of hydrogen-bond acceptors (Lipinski definition) is 2. The second-order valence-electron chi connectivity index (χ2n) is 3.99. The van der Waals surface area contributed by atoms with Gasteiger partial charge in [0.25, 0.3) is 5.66 Å². The Kier molecular flexibility index (Phi) is 4.40. The Balaban J connectivity index is 3.44. The Labute approximate surface area is 108 Å². The van der Waals surface area contributed by atoms with Crippen molar-refractivity contribution >= 4 is 24.4 Å². The molecule has 0 aliphatic heterocycles. The molecule has 0 fully saturated rings. The number of ether oxygens (including phenoxy) is 1. The average molecular weight is 296 g/mol. The maximum absolute atomic E-state index is 13.8. The molecule has 2 nitrogen and oxygen atoms in total. The largest absolute Gasteiger partial charge is 0.465 e. The summed E-state index contributed by atoms with van der Waals surface area (Å²) in [7, 11) is 4.37. The van der Waals surface area contributed by atoms with Gasteiger partial charge in [0.2, 0.25) is 0 Å². The zero-order chi connectivity index (χ0) is 14.1. The summed E-state index contributed by atoms with van der Waals surface area (Å²) >= 11 is 0. The zero-order valence-corrected chi connectivity index (χ0v) is 12.1. The van der Waals surface area contributed by atoms with Gasteiger partial charge in [-0.25, -0.2) is 9.18 Å². The van der Waals surface area contributed by atoms with E-state index in [0.717, 1.165) is 19.2 Å². The average Bonchev–Trinajstić information content (AvgIpc) is 2.25. The molecule has 0 aliphatic rings. The molecule has 18 heavy (non-hydrogen) atoms. The second-order valence-corrected chi connectivity index (χ2v) is 5.80. The molecular weight excluding hydrogens is 283 g/mol. The number of carbonyl (C=O) groups is 1. The molecule has 0 spiro atoms. The predicted molar refractivity (Wildman–Crippen MR) is 69.6 cm³/mol. The molecule has 1 rings (SSSR count). The number of hydrogen-bond donors (Lipinski definition) is 0. The first kappa shape index (κ1) is 15.4. The highest BCUT2D eigenvalue weighted by molar-refractivity contribution is 7.18. The molecule has 7 heteroatoms. The molecule has 0 aliphatic carbocycles. The van der Waals surface area contributed by atoms with E-state index < -0.39 is 22.6 Å². The molecule has 0 radical (unpaired) electrons. The van der Waals surface area contributed by atoms with Crippen LogP contribution in [-0.2, 0) is 15.8 Å². The van der Waals surface area contributed by atoms with Crippen LogP contribution in [0.4, 0.5) is 13.2 Å². The van der Waals surface area contributed by atoms with E-state index in [1.807, 2.05) is 9.24 Å². The van der Waals surface area contributed by atoms with E-state index in [0.29, 0.717) is 0 Å². The van der Waals surface area contributed by atoms with Gasteiger partial charge in [-0.05, 0) is 30.7 Å². The lowest BCUT2D eigenvalue weighted by molar-refractivity contribution is 0.0599. The first-order valence-electron chi connectivity index (χ1n) is 4.94. The minimum Gasteiger partial charge on any atom is -0.465 e. The monoisotopic (exact) mass is 296 g/mol. The summed E-state index contributed by atoms with van der Waals surface area (Å²) in [5, 5.41) is -1.91. The van der Waals surface area contributed by atoms with E-state index in [2.05, 4.69) is 4.74 Å². The molecule has 0 bridgehead atoms. The van der Waals surface area contributed by atoms with Gasteiger partial charge in [0.1, 0.15) is 5.41 Å². The molecule has 0 saturated carbocycles. The van der Waals surface area contributed by atoms with Crippen LogP contribution in [0.2, 0.25) is 0 Å². The molecule has 0 saturated heterocycles. The van der Waals surface area contributed by atoms with Gasteiger partial charge in [0, 0.05) is 5.56 Å². The second kappa shape index (κ2) is 5.14. The summed E-state index contributed by atoms with van der Waals surface area (Å²) in [6.45, 7) is 1.19. The predicted octanol–water partition coefficient (Wildman–Crippen LogP) is 3.41. The van der Waals surface area contributed by atoms with Gasteiger partial charge in [0.05, 0.1) is 12.7 Å². The van der Waals surface area contributed by atoms with Crippen LogP contribution in [0.3, 0.4) is 0 Å². The van der Waals surface area contributed by atoms with Crippen molar-refractivity contribution in [2.24, 2.45) is 0 Å². The Morgan fingerprint density at radius 1 is 1.17 bits per heavy atom. The van der Waals surface area contributed by atoms with Gasteiger partial charge in [0.15, 0.2) is 0 Å². The lowest BCUT2D eigenvalue weighted by Gasteiger charge is -2.19. The Bertz CT molecular complexity index is 432. The Morgan fingerprint density at radius 2 is 1.67 bits per heavy atom. The van der Waals surface area contributed by atoms with Crippen molar-refractivity contribution in [3.8, 4) is 0 Å². The minimum absolute atomic E-state index is 0.0347. The third kappa shape index (κ3) is 3.66. The first-order chi connectivity index (χ1) is 8.05. The van der Waals surface area contributed by atoms with Gasteiger partial charge >= 0.3 is 5.97 Å². The minimum atomic E-state index is -3.24. The van der Waals surface area contributed by atoms with Crippen molar-refractivity contribution in [2.45, 2.75) is 18.0 Å². The highest BCUT2D eigenvalue weighted by atomic mass is 31.0. The summed E-state index contributed by atoms with van der Waals surface area (Å²) < 4.78 is 44.8. The smallest absolute Gasteiger partial charge is 0.337 e. The SMILES string of the molecule is COC(=O)c1cc(C(C)(F)P)cc(C(F)(F)P)c1. The summed E-state index contributed by atoms with van der Waals surface area (Å²) in [5.74, 6) is -0.790. The van der Waals surface area contributed by atoms with Gasteiger partial charge in [-0.1, -0.05) is 18.5 Å². The van der Waals surface area contributed by atoms with Gasteiger partial charge in [-0.2, -0.15) is 8.78 Å². The van der Waals surface area contributed by atoms with E-state index in [4.69, 9.17) is 0 Å². The number of carbonyl (C=O) groups excluding carboxylic acids is 1. The van der Waals surface area contributed by atoms with E-state index >= 15 is 0 Å². The van der Waals surface area contributed by atoms with E-state index in [1.54, 1.807) is 0 Å². The topological polar surface area (TPSA) is 26.3 Å². The summed E-state index contributed by atoms with van der Waals surface area (Å²) in [6.07, 6.45) is 0. The number of alkyl halides is 3. The summed E-state index contributed by atoms with van der Waals surface area (Å²) in [5.41, 5.74) is -3.85. The number of esters is 1. The molecule has 1 aromatic carbocycles. The maximum atomic E-state index is 13.8. The van der Waals surface area contributed by atoms with Gasteiger partial charge in [-0.3, -0.25) is 0 Å². The van der Waals surface area contributed by atoms with Gasteiger partial charge < -0.3 is 4.74 Å². The van der Waals surface area contributed by atoms with Crippen molar-refractivity contribution in [1.29, 1.82) is 0 Å². The zero-order valence-electron chi connectivity index (χ0n) is 9.84. The number of rotatable bonds is 3. The molecule has 0 aromatic heterocycles. The normalized spacial score (nSPS) is 15.1. The Hall–Kier alpha value is -0.660. The van der Waals surface area contributed by atoms with Crippen LogP contribution in [0, 0.1) is 0 Å². The quantitative estimate of drug-likeness (QED) is 0.631. The van der Waals surface area contributed by atoms with Crippen LogP contribution >= 0.6 is 18.5 Å². The van der Waals surface area contributed by atoms with Crippen LogP contribution in [0.25, 0.3) is 0 Å². The molecule has 100 valence electrons. The molecule has 1 aromatic rings. The van der Waals surface area contributed by atoms with E-state index in [-0.39, 0.29) is 11.1 Å². The molecular formula is C11H13F3O2P2. The molecule has 3 atom stereocenters. The van der Waals surface area contributed by atoms with Crippen LogP contribution in [0.1, 0.15) is 28.4 Å². The highest BCUT2D eigenvalue weighted by Gasteiger charge is 2.29. The van der Waals surface area contributed by atoms with Crippen molar-refractivity contribution in [3.63, 3.8) is 0 Å². The summed E-state index contributed by atoms with van der Waals surface area (Å²) in [4.78, 5) is 11.4. The first-order valence-corrected chi connectivity index (χ1v) is 6.10. The Morgan fingerprint density at radius 3 is 2.06 bits per heavy atom. The van der Waals surface area contributed by atoms with E-state index in [9.17, 15) is 18.0 Å². The fraction of sp³-hybridized carbons (Fsp3) is 0.364. The third-order valence-corrected chi connectivity index (χ3v) is 2.97. The van der Waals surface area contributed by atoms with Crippen LogP contribution in [0.15, 0.2) is 18.2 Å². The molecule has 0 heterocycles. The van der Waals surface area contributed by atoms with Crippen molar-refractivity contribution in [1.82, 2.24) is 0 Å². The number of methoxy groups -OCH3 is 1. The lowest BCUT2D eigenvalue weighted by Crippen LogP contribution is -2.13.